The average Bonchev–Trinajstić information content (AvgIpc) is 2.56. The highest BCUT2D eigenvalue weighted by atomic mass is 32.2. The Hall–Kier alpha value is -2.45. The molecule has 0 atom stereocenters. The van der Waals surface area contributed by atoms with E-state index in [9.17, 15) is 23.6 Å². The van der Waals surface area contributed by atoms with Gasteiger partial charge in [0, 0.05) is 12.6 Å². The predicted octanol–water partition coefficient (Wildman–Crippen LogP) is 2.25. The van der Waals surface area contributed by atoms with Gasteiger partial charge in [0.2, 0.25) is 0 Å². The van der Waals surface area contributed by atoms with Gasteiger partial charge in [0.05, 0.1) is 15.6 Å². The molecule has 8 heteroatoms. The number of phenolic OH excluding ortho intramolecular Hbond substituents is 1. The minimum Gasteiger partial charge on any atom is -0.502 e. The van der Waals surface area contributed by atoms with Crippen molar-refractivity contribution in [3.05, 3.63) is 64.2 Å². The molecule has 0 heterocycles. The lowest BCUT2D eigenvalue weighted by Crippen LogP contribution is -2.18. The largest absolute Gasteiger partial charge is 0.502 e. The molecule has 7 nitrogen and oxygen atoms in total. The average molecular weight is 350 g/mol. The zero-order chi connectivity index (χ0) is 17.6. The molecule has 0 aliphatic rings. The molecule has 0 radical (unpaired) electrons. The molecule has 2 aromatic rings. The molecule has 2 N–H and O–H groups in total. The third-order valence-corrected chi connectivity index (χ3v) is 5.25. The van der Waals surface area contributed by atoms with E-state index in [-0.39, 0.29) is 17.2 Å². The van der Waals surface area contributed by atoms with Gasteiger partial charge in [-0.15, -0.1) is 0 Å². The van der Waals surface area contributed by atoms with Crippen molar-refractivity contribution < 1.29 is 18.4 Å². The second-order valence-electron chi connectivity index (χ2n) is 5.24. The SMILES string of the molecule is O=[N+]([O-])c1cc(CNCCCS(=O)(=O)c2ccccc2)ccc1O. The second-order valence-corrected chi connectivity index (χ2v) is 7.35. The van der Waals surface area contributed by atoms with Crippen molar-refractivity contribution in [2.24, 2.45) is 0 Å². The minimum atomic E-state index is -3.29. The number of benzene rings is 2. The van der Waals surface area contributed by atoms with Crippen LogP contribution in [0, 0.1) is 10.1 Å². The van der Waals surface area contributed by atoms with E-state index in [1.807, 2.05) is 0 Å². The Morgan fingerprint density at radius 2 is 1.83 bits per heavy atom. The first-order chi connectivity index (χ1) is 11.4. The number of rotatable bonds is 8. The fourth-order valence-electron chi connectivity index (χ4n) is 2.19. The summed E-state index contributed by atoms with van der Waals surface area (Å²) in [7, 11) is -3.29. The summed E-state index contributed by atoms with van der Waals surface area (Å²) in [5.74, 6) is -0.350. The minimum absolute atomic E-state index is 0.0275. The molecule has 0 aliphatic heterocycles. The molecule has 0 fully saturated rings. The van der Waals surface area contributed by atoms with Crippen molar-refractivity contribution in [2.45, 2.75) is 17.9 Å². The number of phenols is 1. The van der Waals surface area contributed by atoms with Gasteiger partial charge in [-0.1, -0.05) is 24.3 Å². The quantitative estimate of drug-likeness (QED) is 0.429. The van der Waals surface area contributed by atoms with Crippen LogP contribution in [0.3, 0.4) is 0 Å². The van der Waals surface area contributed by atoms with Crippen LogP contribution in [0.4, 0.5) is 5.69 Å². The van der Waals surface area contributed by atoms with Gasteiger partial charge in [-0.2, -0.15) is 0 Å². The Kier molecular flexibility index (Phi) is 5.88. The molecule has 0 saturated heterocycles. The van der Waals surface area contributed by atoms with Gasteiger partial charge in [-0.3, -0.25) is 10.1 Å². The third kappa shape index (κ3) is 4.77. The molecule has 2 rings (SSSR count). The second kappa shape index (κ2) is 7.89. The molecule has 0 saturated carbocycles. The summed E-state index contributed by atoms with van der Waals surface area (Å²) in [6.07, 6.45) is 0.428. The number of nitro benzene ring substituents is 1. The maximum atomic E-state index is 12.1. The summed E-state index contributed by atoms with van der Waals surface area (Å²) in [5.41, 5.74) is 0.298. The summed E-state index contributed by atoms with van der Waals surface area (Å²) < 4.78 is 24.2. The van der Waals surface area contributed by atoms with Gasteiger partial charge in [-0.25, -0.2) is 8.42 Å². The third-order valence-electron chi connectivity index (χ3n) is 3.43. The Labute approximate surface area is 140 Å². The number of hydrogen-bond donors (Lipinski definition) is 2. The van der Waals surface area contributed by atoms with Crippen molar-refractivity contribution in [2.75, 3.05) is 12.3 Å². The smallest absolute Gasteiger partial charge is 0.311 e. The van der Waals surface area contributed by atoms with E-state index in [1.165, 1.54) is 12.1 Å². The highest BCUT2D eigenvalue weighted by molar-refractivity contribution is 7.91. The van der Waals surface area contributed by atoms with Crippen LogP contribution in [0.2, 0.25) is 0 Å². The number of sulfone groups is 1. The van der Waals surface area contributed by atoms with Gasteiger partial charge in [0.15, 0.2) is 15.6 Å². The van der Waals surface area contributed by atoms with E-state index < -0.39 is 14.8 Å². The van der Waals surface area contributed by atoms with E-state index in [2.05, 4.69) is 5.32 Å². The van der Waals surface area contributed by atoms with Crippen LogP contribution in [0.5, 0.6) is 5.75 Å². The number of nitrogens with zero attached hydrogens (tertiary/aromatic N) is 1. The first-order valence-electron chi connectivity index (χ1n) is 7.35. The summed E-state index contributed by atoms with van der Waals surface area (Å²) in [6, 6.07) is 12.4. The van der Waals surface area contributed by atoms with E-state index in [0.717, 1.165) is 0 Å². The molecule has 0 aromatic heterocycles. The lowest BCUT2D eigenvalue weighted by molar-refractivity contribution is -0.385. The van der Waals surface area contributed by atoms with Gasteiger partial charge in [0.1, 0.15) is 0 Å². The summed E-state index contributed by atoms with van der Waals surface area (Å²) in [5, 5.41) is 23.2. The van der Waals surface area contributed by atoms with Crippen LogP contribution in [0.15, 0.2) is 53.4 Å². The van der Waals surface area contributed by atoms with Crippen molar-refractivity contribution in [3.63, 3.8) is 0 Å². The summed E-state index contributed by atoms with van der Waals surface area (Å²) >= 11 is 0. The van der Waals surface area contributed by atoms with Crippen molar-refractivity contribution in [1.82, 2.24) is 5.32 Å². The molecule has 2 aromatic carbocycles. The monoisotopic (exact) mass is 350 g/mol. The van der Waals surface area contributed by atoms with Gasteiger partial charge < -0.3 is 10.4 Å². The molecule has 0 unspecified atom stereocenters. The number of hydrogen-bond acceptors (Lipinski definition) is 6. The zero-order valence-electron chi connectivity index (χ0n) is 12.9. The molecule has 0 amide bonds. The fraction of sp³-hybridized carbons (Fsp3) is 0.250. The highest BCUT2D eigenvalue weighted by Crippen LogP contribution is 2.26. The lowest BCUT2D eigenvalue weighted by atomic mass is 10.2. The fourth-order valence-corrected chi connectivity index (χ4v) is 3.52. The molecular formula is C16H18N2O5S. The number of nitro groups is 1. The Balaban J connectivity index is 1.82. The molecule has 0 spiro atoms. The van der Waals surface area contributed by atoms with Crippen LogP contribution in [-0.2, 0) is 16.4 Å². The standard InChI is InChI=1S/C16H18N2O5S/c19-16-8-7-13(11-15(16)18(20)21)12-17-9-4-10-24(22,23)14-5-2-1-3-6-14/h1-3,5-8,11,17,19H,4,9-10,12H2. The van der Waals surface area contributed by atoms with Gasteiger partial charge in [-0.05, 0) is 36.7 Å². The Morgan fingerprint density at radius 3 is 2.50 bits per heavy atom. The van der Waals surface area contributed by atoms with E-state index in [1.54, 1.807) is 36.4 Å². The first kappa shape index (κ1) is 17.9. The van der Waals surface area contributed by atoms with Crippen LogP contribution < -0.4 is 5.32 Å². The topological polar surface area (TPSA) is 110 Å². The molecule has 24 heavy (non-hydrogen) atoms. The first-order valence-corrected chi connectivity index (χ1v) is 9.00. The lowest BCUT2D eigenvalue weighted by Gasteiger charge is -2.07. The molecule has 0 aliphatic carbocycles. The predicted molar refractivity (Wildman–Crippen MR) is 89.6 cm³/mol. The van der Waals surface area contributed by atoms with Gasteiger partial charge in [0.25, 0.3) is 0 Å². The van der Waals surface area contributed by atoms with Crippen LogP contribution in [-0.4, -0.2) is 30.7 Å². The van der Waals surface area contributed by atoms with Gasteiger partial charge >= 0.3 is 5.69 Å². The van der Waals surface area contributed by atoms with E-state index in [0.29, 0.717) is 30.0 Å². The number of aromatic hydroxyl groups is 1. The Bertz CT molecular complexity index is 806. The summed E-state index contributed by atoms with van der Waals surface area (Å²) in [4.78, 5) is 10.4. The molecular weight excluding hydrogens is 332 g/mol. The normalized spacial score (nSPS) is 11.3. The van der Waals surface area contributed by atoms with Crippen molar-refractivity contribution in [3.8, 4) is 5.75 Å². The maximum absolute atomic E-state index is 12.1. The van der Waals surface area contributed by atoms with E-state index in [4.69, 9.17) is 0 Å². The zero-order valence-corrected chi connectivity index (χ0v) is 13.7. The van der Waals surface area contributed by atoms with E-state index >= 15 is 0 Å². The van der Waals surface area contributed by atoms with Crippen LogP contribution >= 0.6 is 0 Å². The summed E-state index contributed by atoms with van der Waals surface area (Å²) in [6.45, 7) is 0.813. The van der Waals surface area contributed by atoms with Crippen molar-refractivity contribution >= 4 is 15.5 Å². The Morgan fingerprint density at radius 1 is 1.12 bits per heavy atom. The van der Waals surface area contributed by atoms with Crippen molar-refractivity contribution in [1.29, 1.82) is 0 Å². The molecule has 128 valence electrons. The highest BCUT2D eigenvalue weighted by Gasteiger charge is 2.14. The maximum Gasteiger partial charge on any atom is 0.311 e. The van der Waals surface area contributed by atoms with Crippen LogP contribution in [0.1, 0.15) is 12.0 Å². The van der Waals surface area contributed by atoms with Crippen LogP contribution in [0.25, 0.3) is 0 Å². The molecule has 0 bridgehead atoms. The number of nitrogens with one attached hydrogen (secondary N) is 1.